The molecular formula is C2H8AlO2P. The Bertz CT molecular complexity index is 32.7. The zero-order chi connectivity index (χ0) is 4.12. The summed E-state index contributed by atoms with van der Waals surface area (Å²) in [6, 6.07) is 0. The highest BCUT2D eigenvalue weighted by Crippen LogP contribution is 1.89. The first-order chi connectivity index (χ1) is 2.41. The molecule has 0 aliphatic heterocycles. The van der Waals surface area contributed by atoms with Gasteiger partial charge in [-0.2, -0.15) is 0 Å². The third-order valence-electron chi connectivity index (χ3n) is 0.182. The van der Waals surface area contributed by atoms with Crippen molar-refractivity contribution in [3.05, 3.63) is 0 Å². The summed E-state index contributed by atoms with van der Waals surface area (Å²) in [5, 5.41) is 0. The minimum atomic E-state index is -0.220. The van der Waals surface area contributed by atoms with E-state index >= 15 is 0 Å². The Morgan fingerprint density at radius 3 is 2.33 bits per heavy atom. The van der Waals surface area contributed by atoms with Gasteiger partial charge in [0.2, 0.25) is 0 Å². The van der Waals surface area contributed by atoms with Crippen molar-refractivity contribution < 1.29 is 9.09 Å². The highest BCUT2D eigenvalue weighted by atomic mass is 31.1. The van der Waals surface area contributed by atoms with Crippen LogP contribution in [-0.2, 0) is 9.09 Å². The summed E-state index contributed by atoms with van der Waals surface area (Å²) in [5.41, 5.74) is 0. The van der Waals surface area contributed by atoms with Crippen molar-refractivity contribution in [1.29, 1.82) is 0 Å². The van der Waals surface area contributed by atoms with Crippen LogP contribution in [0.3, 0.4) is 0 Å². The molecule has 0 aromatic rings. The first kappa shape index (κ1) is 9.78. The molecule has 4 heteroatoms. The zero-order valence-corrected chi connectivity index (χ0v) is 3.87. The molecule has 36 valence electrons. The maximum Gasteiger partial charge on any atom is 0.327 e. The Hall–Kier alpha value is 0.592. The van der Waals surface area contributed by atoms with Crippen molar-refractivity contribution in [1.82, 2.24) is 0 Å². The Labute approximate surface area is 49.3 Å². The van der Waals surface area contributed by atoms with Crippen LogP contribution in [0.25, 0.3) is 0 Å². The van der Waals surface area contributed by atoms with E-state index in [0.29, 0.717) is 6.61 Å². The predicted octanol–water partition coefficient (Wildman–Crippen LogP) is 0.0457. The Balaban J connectivity index is 0. The third-order valence-corrected chi connectivity index (χ3v) is 0.545. The van der Waals surface area contributed by atoms with E-state index in [-0.39, 0.29) is 26.0 Å². The fraction of sp³-hybridized carbons (Fsp3) is 1.00. The van der Waals surface area contributed by atoms with Gasteiger partial charge in [-0.25, -0.2) is 4.57 Å². The maximum absolute atomic E-state index is 9.28. The van der Waals surface area contributed by atoms with E-state index in [1.165, 1.54) is 0 Å². The molecule has 0 aromatic carbocycles. The second kappa shape index (κ2) is 9.14. The largest absolute Gasteiger partial charge is 0.327 e. The van der Waals surface area contributed by atoms with Gasteiger partial charge in [0.1, 0.15) is 0 Å². The molecule has 0 amide bonds. The van der Waals surface area contributed by atoms with Gasteiger partial charge in [0.05, 0.1) is 6.61 Å². The molecule has 0 aromatic heterocycles. The molecule has 2 nitrogen and oxygen atoms in total. The van der Waals surface area contributed by atoms with Crippen LogP contribution in [-0.4, -0.2) is 24.0 Å². The number of rotatable bonds is 2. The summed E-state index contributed by atoms with van der Waals surface area (Å²) in [6.45, 7) is 2.30. The summed E-state index contributed by atoms with van der Waals surface area (Å²) in [5.74, 6) is 0. The van der Waals surface area contributed by atoms with Gasteiger partial charge in [0, 0.05) is 0 Å². The molecule has 0 N–H and O–H groups in total. The molecule has 0 radical (unpaired) electrons. The van der Waals surface area contributed by atoms with Crippen molar-refractivity contribution in [2.45, 2.75) is 6.92 Å². The van der Waals surface area contributed by atoms with Crippen LogP contribution in [0.4, 0.5) is 0 Å². The second-order valence-electron chi connectivity index (χ2n) is 0.492. The summed E-state index contributed by atoms with van der Waals surface area (Å²) in [6.07, 6.45) is 0. The van der Waals surface area contributed by atoms with Gasteiger partial charge in [-0.3, -0.25) is 4.52 Å². The lowest BCUT2D eigenvalue weighted by Crippen LogP contribution is -1.65. The van der Waals surface area contributed by atoms with Crippen molar-refractivity contribution >= 4 is 26.0 Å². The van der Waals surface area contributed by atoms with Crippen LogP contribution < -0.4 is 0 Å². The van der Waals surface area contributed by atoms with E-state index in [9.17, 15) is 4.57 Å². The van der Waals surface area contributed by atoms with Crippen molar-refractivity contribution in [2.24, 2.45) is 0 Å². The summed E-state index contributed by atoms with van der Waals surface area (Å²) in [4.78, 5) is 0. The van der Waals surface area contributed by atoms with E-state index in [1.807, 2.05) is 0 Å². The van der Waals surface area contributed by atoms with Crippen molar-refractivity contribution in [2.75, 3.05) is 6.61 Å². The fourth-order valence-electron chi connectivity index (χ4n) is 0.0527. The quantitative estimate of drug-likeness (QED) is 0.382. The normalized spacial score (nSPS) is 7.50. The lowest BCUT2D eigenvalue weighted by molar-refractivity contribution is 0.365. The van der Waals surface area contributed by atoms with Crippen LogP contribution >= 0.6 is 8.69 Å². The molecule has 0 saturated carbocycles. The van der Waals surface area contributed by atoms with Crippen molar-refractivity contribution in [3.63, 3.8) is 0 Å². The topological polar surface area (TPSA) is 26.3 Å². The van der Waals surface area contributed by atoms with Crippen LogP contribution in [0.5, 0.6) is 0 Å². The average Bonchev–Trinajstić information content (AvgIpc) is 1.41. The van der Waals surface area contributed by atoms with Crippen LogP contribution in [0.2, 0.25) is 0 Å². The highest BCUT2D eigenvalue weighted by Gasteiger charge is 1.65. The molecule has 0 rings (SSSR count). The van der Waals surface area contributed by atoms with Gasteiger partial charge in [0.15, 0.2) is 17.4 Å². The molecule has 0 bridgehead atoms. The summed E-state index contributed by atoms with van der Waals surface area (Å²) < 4.78 is 13.5. The Morgan fingerprint density at radius 2 is 2.33 bits per heavy atom. The minimum Gasteiger partial charge on any atom is -0.295 e. The molecule has 0 heterocycles. The Kier molecular flexibility index (Phi) is 14.9. The molecule has 0 atom stereocenters. The molecule has 6 heavy (non-hydrogen) atoms. The second-order valence-corrected chi connectivity index (χ2v) is 0.900. The van der Waals surface area contributed by atoms with Crippen molar-refractivity contribution in [3.8, 4) is 0 Å². The molecule has 0 saturated heterocycles. The first-order valence-electron chi connectivity index (χ1n) is 1.36. The first-order valence-corrected chi connectivity index (χ1v) is 2.09. The molecule has 0 aliphatic rings. The van der Waals surface area contributed by atoms with E-state index in [4.69, 9.17) is 0 Å². The molecular weight excluding hydrogens is 114 g/mol. The summed E-state index contributed by atoms with van der Waals surface area (Å²) in [7, 11) is -0.220. The number of hydrogen-bond acceptors (Lipinski definition) is 2. The minimum absolute atomic E-state index is 0. The SMILES string of the molecule is CCOP=O.[AlH3]. The highest BCUT2D eigenvalue weighted by molar-refractivity contribution is 7.17. The summed E-state index contributed by atoms with van der Waals surface area (Å²) >= 11 is 0. The van der Waals surface area contributed by atoms with Gasteiger partial charge in [-0.05, 0) is 6.92 Å². The van der Waals surface area contributed by atoms with Gasteiger partial charge < -0.3 is 0 Å². The van der Waals surface area contributed by atoms with E-state index in [1.54, 1.807) is 6.92 Å². The maximum atomic E-state index is 9.28. The smallest absolute Gasteiger partial charge is 0.295 e. The standard InChI is InChI=1S/C2H5O2P.Al.3H/c1-2-4-5-3;;;;/h2H2,1H3;;;;. The zero-order valence-electron chi connectivity index (χ0n) is 2.97. The van der Waals surface area contributed by atoms with E-state index in [0.717, 1.165) is 0 Å². The van der Waals surface area contributed by atoms with Gasteiger partial charge in [-0.1, -0.05) is 0 Å². The Morgan fingerprint density at radius 1 is 1.83 bits per heavy atom. The van der Waals surface area contributed by atoms with Crippen LogP contribution in [0.1, 0.15) is 6.92 Å². The molecule has 0 spiro atoms. The van der Waals surface area contributed by atoms with Crippen LogP contribution in [0, 0.1) is 0 Å². The van der Waals surface area contributed by atoms with Gasteiger partial charge in [0.25, 0.3) is 0 Å². The third kappa shape index (κ3) is 8.82. The number of hydrogen-bond donors (Lipinski definition) is 0. The molecule has 0 fully saturated rings. The van der Waals surface area contributed by atoms with Gasteiger partial charge in [-0.15, -0.1) is 0 Å². The average molecular weight is 122 g/mol. The van der Waals surface area contributed by atoms with E-state index in [2.05, 4.69) is 4.52 Å². The lowest BCUT2D eigenvalue weighted by atomic mass is 10.9. The fourth-order valence-corrected chi connectivity index (χ4v) is 0.158. The monoisotopic (exact) mass is 122 g/mol. The van der Waals surface area contributed by atoms with E-state index < -0.39 is 0 Å². The van der Waals surface area contributed by atoms with Gasteiger partial charge >= 0.3 is 8.69 Å². The lowest BCUT2D eigenvalue weighted by Gasteiger charge is -1.72. The molecule has 0 aliphatic carbocycles. The predicted molar refractivity (Wildman–Crippen MR) is 29.2 cm³/mol. The molecule has 0 unspecified atom stereocenters. The van der Waals surface area contributed by atoms with Crippen LogP contribution in [0.15, 0.2) is 0 Å².